The van der Waals surface area contributed by atoms with Crippen molar-refractivity contribution in [3.05, 3.63) is 40.7 Å². The van der Waals surface area contributed by atoms with Gasteiger partial charge in [-0.1, -0.05) is 6.92 Å². The third-order valence-corrected chi connectivity index (χ3v) is 3.90. The van der Waals surface area contributed by atoms with Crippen LogP contribution in [-0.4, -0.2) is 11.5 Å². The first-order valence-electron chi connectivity index (χ1n) is 6.13. The maximum absolute atomic E-state index is 12.9. The largest absolute Gasteiger partial charge is 0.312 e. The van der Waals surface area contributed by atoms with E-state index >= 15 is 0 Å². The summed E-state index contributed by atoms with van der Waals surface area (Å²) in [5.41, 5.74) is 2.04. The van der Waals surface area contributed by atoms with Gasteiger partial charge in [0.2, 0.25) is 0 Å². The fraction of sp³-hybridized carbons (Fsp3) is 0.357. The van der Waals surface area contributed by atoms with Crippen molar-refractivity contribution in [1.82, 2.24) is 10.3 Å². The fourth-order valence-electron chi connectivity index (χ4n) is 1.69. The molecule has 0 aliphatic carbocycles. The highest BCUT2D eigenvalue weighted by Crippen LogP contribution is 2.27. The van der Waals surface area contributed by atoms with Crippen molar-refractivity contribution in [2.24, 2.45) is 0 Å². The van der Waals surface area contributed by atoms with E-state index in [0.29, 0.717) is 0 Å². The van der Waals surface area contributed by atoms with E-state index in [-0.39, 0.29) is 5.82 Å². The van der Waals surface area contributed by atoms with E-state index in [4.69, 9.17) is 0 Å². The highest BCUT2D eigenvalue weighted by Gasteiger charge is 2.08. The lowest BCUT2D eigenvalue weighted by Gasteiger charge is -1.99. The second kappa shape index (κ2) is 6.07. The molecule has 0 fully saturated rings. The predicted octanol–water partition coefficient (Wildman–Crippen LogP) is 3.76. The van der Waals surface area contributed by atoms with E-state index < -0.39 is 0 Å². The van der Waals surface area contributed by atoms with Crippen LogP contribution < -0.4 is 5.32 Å². The molecule has 1 N–H and O–H groups in total. The highest BCUT2D eigenvalue weighted by atomic mass is 32.1. The summed E-state index contributed by atoms with van der Waals surface area (Å²) in [6, 6.07) is 6.50. The molecule has 0 amide bonds. The molecule has 2 nitrogen and oxygen atoms in total. The third-order valence-electron chi connectivity index (χ3n) is 2.70. The van der Waals surface area contributed by atoms with E-state index in [9.17, 15) is 4.39 Å². The zero-order valence-corrected chi connectivity index (χ0v) is 11.5. The summed E-state index contributed by atoms with van der Waals surface area (Å²) in [5, 5.41) is 4.34. The maximum Gasteiger partial charge on any atom is 0.123 e. The van der Waals surface area contributed by atoms with Crippen molar-refractivity contribution in [3.8, 4) is 10.6 Å². The molecule has 2 rings (SSSR count). The first-order chi connectivity index (χ1) is 8.70. The van der Waals surface area contributed by atoms with Crippen LogP contribution in [0.3, 0.4) is 0 Å². The quantitative estimate of drug-likeness (QED) is 0.832. The number of benzene rings is 1. The van der Waals surface area contributed by atoms with Gasteiger partial charge in [0, 0.05) is 17.0 Å². The van der Waals surface area contributed by atoms with E-state index in [1.165, 1.54) is 17.0 Å². The minimum Gasteiger partial charge on any atom is -0.312 e. The van der Waals surface area contributed by atoms with Crippen LogP contribution in [0.15, 0.2) is 24.3 Å². The van der Waals surface area contributed by atoms with Gasteiger partial charge in [0.15, 0.2) is 0 Å². The van der Waals surface area contributed by atoms with Crippen molar-refractivity contribution < 1.29 is 4.39 Å². The first-order valence-corrected chi connectivity index (χ1v) is 6.95. The standard InChI is InChI=1S/C14H17FN2S/c1-3-8-16-9-13-10(2)17-14(18-13)11-4-6-12(15)7-5-11/h4-7,16H,3,8-9H2,1-2H3. The van der Waals surface area contributed by atoms with Gasteiger partial charge in [-0.25, -0.2) is 9.37 Å². The van der Waals surface area contributed by atoms with E-state index in [1.807, 2.05) is 6.92 Å². The molecule has 0 radical (unpaired) electrons. The Bertz CT molecular complexity index is 505. The molecule has 0 aliphatic rings. The molecule has 1 aromatic carbocycles. The Kier molecular flexibility index (Phi) is 4.44. The second-order valence-electron chi connectivity index (χ2n) is 4.21. The fourth-order valence-corrected chi connectivity index (χ4v) is 2.72. The molecule has 0 atom stereocenters. The number of aromatic nitrogens is 1. The van der Waals surface area contributed by atoms with Crippen LogP contribution >= 0.6 is 11.3 Å². The number of rotatable bonds is 5. The van der Waals surface area contributed by atoms with Gasteiger partial charge in [-0.2, -0.15) is 0 Å². The van der Waals surface area contributed by atoms with Crippen LogP contribution in [0, 0.1) is 12.7 Å². The van der Waals surface area contributed by atoms with Crippen molar-refractivity contribution in [3.63, 3.8) is 0 Å². The lowest BCUT2D eigenvalue weighted by atomic mass is 10.2. The number of aryl methyl sites for hydroxylation is 1. The van der Waals surface area contributed by atoms with E-state index in [2.05, 4.69) is 17.2 Å². The van der Waals surface area contributed by atoms with Gasteiger partial charge in [-0.3, -0.25) is 0 Å². The number of hydrogen-bond donors (Lipinski definition) is 1. The first kappa shape index (κ1) is 13.2. The summed E-state index contributed by atoms with van der Waals surface area (Å²) in [6.07, 6.45) is 1.13. The second-order valence-corrected chi connectivity index (χ2v) is 5.29. The number of halogens is 1. The third kappa shape index (κ3) is 3.15. The molecule has 1 aromatic heterocycles. The van der Waals surface area contributed by atoms with Crippen molar-refractivity contribution in [1.29, 1.82) is 0 Å². The van der Waals surface area contributed by atoms with Gasteiger partial charge in [0.25, 0.3) is 0 Å². The highest BCUT2D eigenvalue weighted by molar-refractivity contribution is 7.15. The predicted molar refractivity (Wildman–Crippen MR) is 74.2 cm³/mol. The van der Waals surface area contributed by atoms with Gasteiger partial charge in [-0.15, -0.1) is 11.3 Å². The minimum atomic E-state index is -0.211. The van der Waals surface area contributed by atoms with E-state index in [1.54, 1.807) is 23.5 Å². The van der Waals surface area contributed by atoms with Crippen LogP contribution in [0.25, 0.3) is 10.6 Å². The number of nitrogens with zero attached hydrogens (tertiary/aromatic N) is 1. The molecule has 2 aromatic rings. The Labute approximate surface area is 111 Å². The molecule has 0 bridgehead atoms. The van der Waals surface area contributed by atoms with Crippen molar-refractivity contribution in [2.45, 2.75) is 26.8 Å². The van der Waals surface area contributed by atoms with Gasteiger partial charge in [-0.05, 0) is 44.2 Å². The van der Waals surface area contributed by atoms with Gasteiger partial charge in [0.1, 0.15) is 10.8 Å². The van der Waals surface area contributed by atoms with E-state index in [0.717, 1.165) is 35.8 Å². The average molecular weight is 264 g/mol. The molecule has 0 spiro atoms. The maximum atomic E-state index is 12.9. The molecule has 0 saturated heterocycles. The lowest BCUT2D eigenvalue weighted by molar-refractivity contribution is 0.628. The molecule has 0 aliphatic heterocycles. The Morgan fingerprint density at radius 1 is 1.28 bits per heavy atom. The molecule has 0 saturated carbocycles. The molecular weight excluding hydrogens is 247 g/mol. The number of hydrogen-bond acceptors (Lipinski definition) is 3. The number of nitrogens with one attached hydrogen (secondary N) is 1. The summed E-state index contributed by atoms with van der Waals surface area (Å²) in [7, 11) is 0. The van der Waals surface area contributed by atoms with Crippen molar-refractivity contribution in [2.75, 3.05) is 6.54 Å². The SMILES string of the molecule is CCCNCc1sc(-c2ccc(F)cc2)nc1C. The minimum absolute atomic E-state index is 0.211. The van der Waals surface area contributed by atoms with Crippen LogP contribution in [0.1, 0.15) is 23.9 Å². The monoisotopic (exact) mass is 264 g/mol. The summed E-state index contributed by atoms with van der Waals surface area (Å²) in [6.45, 7) is 6.05. The summed E-state index contributed by atoms with van der Waals surface area (Å²) >= 11 is 1.67. The Hall–Kier alpha value is -1.26. The van der Waals surface area contributed by atoms with Gasteiger partial charge < -0.3 is 5.32 Å². The normalized spacial score (nSPS) is 10.8. The topological polar surface area (TPSA) is 24.9 Å². The Morgan fingerprint density at radius 3 is 2.67 bits per heavy atom. The summed E-state index contributed by atoms with van der Waals surface area (Å²) in [5.74, 6) is -0.211. The van der Waals surface area contributed by atoms with Crippen LogP contribution in [0.5, 0.6) is 0 Å². The van der Waals surface area contributed by atoms with Crippen LogP contribution in [-0.2, 0) is 6.54 Å². The average Bonchev–Trinajstić information content (AvgIpc) is 2.72. The Balaban J connectivity index is 2.15. The molecule has 96 valence electrons. The molecular formula is C14H17FN2S. The van der Waals surface area contributed by atoms with Crippen LogP contribution in [0.4, 0.5) is 4.39 Å². The molecule has 4 heteroatoms. The van der Waals surface area contributed by atoms with Crippen LogP contribution in [0.2, 0.25) is 0 Å². The van der Waals surface area contributed by atoms with Gasteiger partial charge >= 0.3 is 0 Å². The molecule has 18 heavy (non-hydrogen) atoms. The lowest BCUT2D eigenvalue weighted by Crippen LogP contribution is -2.13. The zero-order valence-electron chi connectivity index (χ0n) is 10.7. The van der Waals surface area contributed by atoms with Gasteiger partial charge in [0.05, 0.1) is 5.69 Å². The Morgan fingerprint density at radius 2 is 2.00 bits per heavy atom. The molecule has 0 unspecified atom stereocenters. The summed E-state index contributed by atoms with van der Waals surface area (Å²) in [4.78, 5) is 5.80. The number of thiazole rings is 1. The van der Waals surface area contributed by atoms with Crippen molar-refractivity contribution >= 4 is 11.3 Å². The smallest absolute Gasteiger partial charge is 0.123 e. The summed E-state index contributed by atoms with van der Waals surface area (Å²) < 4.78 is 12.9. The molecule has 1 heterocycles. The zero-order chi connectivity index (χ0) is 13.0.